The molecule has 11 heteroatoms. The highest BCUT2D eigenvalue weighted by Gasteiger charge is 2.30. The zero-order chi connectivity index (χ0) is 27.2. The normalized spacial score (nSPS) is 12.3. The van der Waals surface area contributed by atoms with Gasteiger partial charge in [0, 0.05) is 23.6 Å². The van der Waals surface area contributed by atoms with Gasteiger partial charge in [-0.3, -0.25) is 0 Å². The van der Waals surface area contributed by atoms with E-state index in [2.05, 4.69) is 21.9 Å². The van der Waals surface area contributed by atoms with Crippen molar-refractivity contribution in [3.8, 4) is 11.4 Å². The summed E-state index contributed by atoms with van der Waals surface area (Å²) < 4.78 is 50.9. The molecular formula is C26H26F3N5O3. The highest BCUT2D eigenvalue weighted by atomic mass is 19.4. The highest BCUT2D eigenvalue weighted by Crippen LogP contribution is 2.30. The third kappa shape index (κ3) is 7.00. The van der Waals surface area contributed by atoms with Crippen LogP contribution in [0.15, 0.2) is 78.5 Å². The maximum atomic E-state index is 12.8. The Morgan fingerprint density at radius 2 is 1.95 bits per heavy atom. The maximum Gasteiger partial charge on any atom is 0.416 e. The van der Waals surface area contributed by atoms with Crippen molar-refractivity contribution in [3.63, 3.8) is 0 Å². The molecule has 0 bridgehead atoms. The van der Waals surface area contributed by atoms with Crippen LogP contribution in [0.5, 0.6) is 5.75 Å². The molecular weight excluding hydrogens is 487 g/mol. The first kappa shape index (κ1) is 27.1. The van der Waals surface area contributed by atoms with E-state index < -0.39 is 17.7 Å². The summed E-state index contributed by atoms with van der Waals surface area (Å²) in [6.07, 6.45) is 0.269. The van der Waals surface area contributed by atoms with Gasteiger partial charge in [-0.25, -0.2) is 14.8 Å². The predicted octanol–water partition coefficient (Wildman–Crippen LogP) is 5.10. The van der Waals surface area contributed by atoms with Crippen LogP contribution in [0, 0.1) is 6.92 Å². The smallest absolute Gasteiger partial charge is 0.416 e. The predicted molar refractivity (Wildman–Crippen MR) is 135 cm³/mol. The fourth-order valence-corrected chi connectivity index (χ4v) is 3.29. The topological polar surface area (TPSA) is 104 Å². The Morgan fingerprint density at radius 1 is 1.24 bits per heavy atom. The van der Waals surface area contributed by atoms with E-state index >= 15 is 0 Å². The third-order valence-electron chi connectivity index (χ3n) is 5.04. The summed E-state index contributed by atoms with van der Waals surface area (Å²) in [7, 11) is 1.53. The van der Waals surface area contributed by atoms with Crippen molar-refractivity contribution in [2.24, 2.45) is 10.7 Å². The van der Waals surface area contributed by atoms with Crippen LogP contribution in [0.4, 0.5) is 18.9 Å². The van der Waals surface area contributed by atoms with E-state index in [0.717, 1.165) is 23.5 Å². The largest absolute Gasteiger partial charge is 0.494 e. The minimum Gasteiger partial charge on any atom is -0.494 e. The van der Waals surface area contributed by atoms with E-state index in [4.69, 9.17) is 15.2 Å². The average molecular weight is 514 g/mol. The highest BCUT2D eigenvalue weighted by molar-refractivity contribution is 6.42. The molecule has 0 amide bonds. The number of methoxy groups -OCH3 is 1. The number of ether oxygens (including phenoxy) is 2. The average Bonchev–Trinajstić information content (AvgIpc) is 3.29. The van der Waals surface area contributed by atoms with Crippen molar-refractivity contribution >= 4 is 23.1 Å². The molecule has 0 aliphatic carbocycles. The number of nitrogens with zero attached hydrogens (tertiary/aromatic N) is 3. The zero-order valence-corrected chi connectivity index (χ0v) is 20.5. The number of carbonyl (C=O) groups excluding carboxylic acids is 1. The lowest BCUT2D eigenvalue weighted by Gasteiger charge is -2.13. The fourth-order valence-electron chi connectivity index (χ4n) is 3.29. The van der Waals surface area contributed by atoms with Crippen molar-refractivity contribution in [2.75, 3.05) is 19.0 Å². The van der Waals surface area contributed by atoms with E-state index in [1.165, 1.54) is 25.3 Å². The van der Waals surface area contributed by atoms with Crippen molar-refractivity contribution in [2.45, 2.75) is 20.0 Å². The number of nitrogens with one attached hydrogen (secondary N) is 1. The second kappa shape index (κ2) is 11.5. The molecule has 0 fully saturated rings. The number of alkyl halides is 3. The number of aromatic nitrogens is 2. The molecule has 3 aromatic rings. The first-order chi connectivity index (χ1) is 17.5. The van der Waals surface area contributed by atoms with Gasteiger partial charge in [-0.15, -0.1) is 0 Å². The van der Waals surface area contributed by atoms with E-state index in [1.807, 2.05) is 23.8 Å². The van der Waals surface area contributed by atoms with Crippen molar-refractivity contribution in [1.82, 2.24) is 9.55 Å². The van der Waals surface area contributed by atoms with E-state index in [1.54, 1.807) is 25.4 Å². The molecule has 0 spiro atoms. The number of aryl methyl sites for hydroxylation is 1. The monoisotopic (exact) mass is 513 g/mol. The number of aliphatic imine (C=N–C) groups is 1. The third-order valence-corrected chi connectivity index (χ3v) is 5.04. The van der Waals surface area contributed by atoms with Gasteiger partial charge in [-0.05, 0) is 49.8 Å². The van der Waals surface area contributed by atoms with Crippen LogP contribution in [-0.4, -0.2) is 34.9 Å². The van der Waals surface area contributed by atoms with Gasteiger partial charge in [0.1, 0.15) is 11.6 Å². The van der Waals surface area contributed by atoms with Crippen LogP contribution in [0.1, 0.15) is 23.7 Å². The lowest BCUT2D eigenvalue weighted by atomic mass is 10.1. The lowest BCUT2D eigenvalue weighted by Crippen LogP contribution is -2.18. The molecule has 8 nitrogen and oxygen atoms in total. The first-order valence-corrected chi connectivity index (χ1v) is 11.1. The number of hydrogen-bond donors (Lipinski definition) is 2. The van der Waals surface area contributed by atoms with Crippen LogP contribution in [0.25, 0.3) is 11.4 Å². The summed E-state index contributed by atoms with van der Waals surface area (Å²) in [5, 5.41) is 2.98. The number of anilines is 1. The molecule has 0 unspecified atom stereocenters. The lowest BCUT2D eigenvalue weighted by molar-refractivity contribution is -0.137. The molecule has 0 aliphatic rings. The molecule has 1 aromatic heterocycles. The zero-order valence-electron chi connectivity index (χ0n) is 20.5. The van der Waals surface area contributed by atoms with Gasteiger partial charge in [-0.1, -0.05) is 18.7 Å². The second-order valence-corrected chi connectivity index (χ2v) is 7.77. The Morgan fingerprint density at radius 3 is 2.51 bits per heavy atom. The molecule has 37 heavy (non-hydrogen) atoms. The number of carbonyl (C=O) groups is 1. The summed E-state index contributed by atoms with van der Waals surface area (Å²) in [5.41, 5.74) is 7.54. The summed E-state index contributed by atoms with van der Waals surface area (Å²) >= 11 is 0. The second-order valence-electron chi connectivity index (χ2n) is 7.77. The number of benzene rings is 2. The SMILES string of the molecule is C=C(N=C(/C=C(\N)c1ccc(C(F)(F)F)cc1)C(=O)OCC)Nc1ccc(-n2cnc(C)c2)c(OC)c1. The number of imidazole rings is 1. The molecule has 0 atom stereocenters. The number of esters is 1. The summed E-state index contributed by atoms with van der Waals surface area (Å²) in [6, 6.07) is 9.53. The first-order valence-electron chi connectivity index (χ1n) is 11.1. The molecule has 2 aromatic carbocycles. The molecule has 0 saturated heterocycles. The minimum atomic E-state index is -4.48. The molecule has 3 rings (SSSR count). The van der Waals surface area contributed by atoms with E-state index in [0.29, 0.717) is 11.4 Å². The van der Waals surface area contributed by atoms with Crippen LogP contribution in [0.2, 0.25) is 0 Å². The Bertz CT molecular complexity index is 1340. The summed E-state index contributed by atoms with van der Waals surface area (Å²) in [6.45, 7) is 7.42. The van der Waals surface area contributed by atoms with E-state index in [9.17, 15) is 18.0 Å². The number of rotatable bonds is 9. The quantitative estimate of drug-likeness (QED) is 0.305. The Labute approximate surface area is 211 Å². The standard InChI is InChI=1S/C26H26F3N5O3/c1-5-37-25(35)22(13-21(30)18-6-8-19(9-7-18)26(27,28)29)33-17(3)32-20-10-11-23(24(12-20)36-4)34-14-16(2)31-15-34/h6-15,32H,3,5,30H2,1-2,4H3/b21-13-,33-22?. The van der Waals surface area contributed by atoms with Crippen molar-refractivity contribution in [1.29, 1.82) is 0 Å². The molecule has 194 valence electrons. The van der Waals surface area contributed by atoms with Gasteiger partial charge < -0.3 is 25.1 Å². The molecule has 0 aliphatic heterocycles. The number of halogens is 3. The molecule has 3 N–H and O–H groups in total. The van der Waals surface area contributed by atoms with Crippen LogP contribution in [-0.2, 0) is 15.7 Å². The van der Waals surface area contributed by atoms with Gasteiger partial charge in [0.2, 0.25) is 0 Å². The van der Waals surface area contributed by atoms with Crippen molar-refractivity contribution in [3.05, 3.63) is 90.3 Å². The molecule has 1 heterocycles. The molecule has 0 radical (unpaired) electrons. The Hall–Kier alpha value is -4.54. The maximum absolute atomic E-state index is 12.8. The van der Waals surface area contributed by atoms with Crippen LogP contribution >= 0.6 is 0 Å². The number of hydrogen-bond acceptors (Lipinski definition) is 7. The Kier molecular flexibility index (Phi) is 8.38. The number of nitrogens with two attached hydrogens (primary N) is 1. The van der Waals surface area contributed by atoms with Gasteiger partial charge in [0.15, 0.2) is 5.71 Å². The minimum absolute atomic E-state index is 0.0231. The van der Waals surface area contributed by atoms with Gasteiger partial charge in [0.25, 0.3) is 0 Å². The van der Waals surface area contributed by atoms with Crippen molar-refractivity contribution < 1.29 is 27.4 Å². The summed E-state index contributed by atoms with van der Waals surface area (Å²) in [5.74, 6) is -0.132. The molecule has 0 saturated carbocycles. The van der Waals surface area contributed by atoms with Crippen LogP contribution < -0.4 is 15.8 Å². The van der Waals surface area contributed by atoms with Crippen LogP contribution in [0.3, 0.4) is 0 Å². The van der Waals surface area contributed by atoms with Gasteiger partial charge in [-0.2, -0.15) is 13.2 Å². The van der Waals surface area contributed by atoms with Gasteiger partial charge in [0.05, 0.1) is 37.0 Å². The summed E-state index contributed by atoms with van der Waals surface area (Å²) in [4.78, 5) is 20.9. The Balaban J connectivity index is 1.85. The fraction of sp³-hybridized carbons (Fsp3) is 0.192. The van der Waals surface area contributed by atoms with E-state index in [-0.39, 0.29) is 29.4 Å². The van der Waals surface area contributed by atoms with Gasteiger partial charge >= 0.3 is 12.1 Å².